The van der Waals surface area contributed by atoms with Crippen molar-refractivity contribution < 1.29 is 0 Å². The minimum absolute atomic E-state index is 0.516. The van der Waals surface area contributed by atoms with Gasteiger partial charge in [-0.05, 0) is 24.3 Å². The van der Waals surface area contributed by atoms with Crippen LogP contribution in [0.1, 0.15) is 0 Å². The van der Waals surface area contributed by atoms with E-state index in [9.17, 15) is 0 Å². The fourth-order valence-corrected chi connectivity index (χ4v) is 1.86. The highest BCUT2D eigenvalue weighted by Gasteiger charge is 2.06. The summed E-state index contributed by atoms with van der Waals surface area (Å²) in [5.41, 5.74) is 8.60. The molecule has 0 fully saturated rings. The number of fused-ring (bicyclic) bond motifs is 1. The number of hydrogen-bond acceptors (Lipinski definition) is 3. The Bertz CT molecular complexity index is 663. The number of nitrogen functional groups attached to an aromatic ring is 1. The van der Waals surface area contributed by atoms with Crippen molar-refractivity contribution in [1.82, 2.24) is 9.97 Å². The highest BCUT2D eigenvalue weighted by molar-refractivity contribution is 5.87. The zero-order valence-electron chi connectivity index (χ0n) is 9.17. The molecule has 0 spiro atoms. The van der Waals surface area contributed by atoms with Crippen LogP contribution in [0, 0.1) is 0 Å². The first-order valence-electron chi connectivity index (χ1n) is 5.41. The highest BCUT2D eigenvalue weighted by atomic mass is 14.8. The van der Waals surface area contributed by atoms with Gasteiger partial charge in [-0.3, -0.25) is 4.98 Å². The van der Waals surface area contributed by atoms with Crippen LogP contribution in [-0.2, 0) is 0 Å². The topological polar surface area (TPSA) is 51.8 Å². The lowest BCUT2D eigenvalue weighted by molar-refractivity contribution is 1.31. The van der Waals surface area contributed by atoms with Crippen molar-refractivity contribution >= 4 is 16.7 Å². The third kappa shape index (κ3) is 1.72. The Hall–Kier alpha value is -2.42. The number of pyridine rings is 2. The van der Waals surface area contributed by atoms with E-state index in [2.05, 4.69) is 9.97 Å². The molecule has 3 heteroatoms. The molecule has 17 heavy (non-hydrogen) atoms. The molecule has 0 unspecified atom stereocenters. The summed E-state index contributed by atoms with van der Waals surface area (Å²) in [4.78, 5) is 8.69. The largest absolute Gasteiger partial charge is 0.383 e. The molecule has 82 valence electrons. The Kier molecular flexibility index (Phi) is 2.22. The molecule has 0 atom stereocenters. The average molecular weight is 221 g/mol. The molecular formula is C14H11N3. The number of rotatable bonds is 1. The van der Waals surface area contributed by atoms with Crippen molar-refractivity contribution in [1.29, 1.82) is 0 Å². The zero-order chi connectivity index (χ0) is 11.7. The van der Waals surface area contributed by atoms with Crippen LogP contribution in [-0.4, -0.2) is 9.97 Å². The van der Waals surface area contributed by atoms with E-state index in [0.717, 1.165) is 22.2 Å². The Morgan fingerprint density at radius 3 is 2.59 bits per heavy atom. The quantitative estimate of drug-likeness (QED) is 0.687. The van der Waals surface area contributed by atoms with Gasteiger partial charge in [0.2, 0.25) is 0 Å². The van der Waals surface area contributed by atoms with Gasteiger partial charge in [0.05, 0.1) is 11.2 Å². The highest BCUT2D eigenvalue weighted by Crippen LogP contribution is 2.26. The van der Waals surface area contributed by atoms with E-state index >= 15 is 0 Å². The Labute approximate surface area is 98.9 Å². The number of nitrogens with two attached hydrogens (primary N) is 1. The summed E-state index contributed by atoms with van der Waals surface area (Å²) < 4.78 is 0. The minimum atomic E-state index is 0.516. The molecule has 2 aromatic heterocycles. The second kappa shape index (κ2) is 3.87. The van der Waals surface area contributed by atoms with Gasteiger partial charge in [0, 0.05) is 17.1 Å². The molecule has 2 N–H and O–H groups in total. The third-order valence-electron chi connectivity index (χ3n) is 2.69. The molecule has 3 aromatic rings. The SMILES string of the molecule is Nc1nc2ccccc2cc1-c1ccccn1. The van der Waals surface area contributed by atoms with Gasteiger partial charge in [-0.2, -0.15) is 0 Å². The number of anilines is 1. The first kappa shape index (κ1) is 9.78. The molecule has 1 aromatic carbocycles. The second-order valence-corrected chi connectivity index (χ2v) is 3.83. The van der Waals surface area contributed by atoms with Crippen LogP contribution in [0.4, 0.5) is 5.82 Å². The van der Waals surface area contributed by atoms with Crippen molar-refractivity contribution in [2.45, 2.75) is 0 Å². The van der Waals surface area contributed by atoms with Crippen LogP contribution in [0.2, 0.25) is 0 Å². The van der Waals surface area contributed by atoms with Crippen LogP contribution in [0.25, 0.3) is 22.2 Å². The molecule has 0 amide bonds. The van der Waals surface area contributed by atoms with E-state index in [1.165, 1.54) is 0 Å². The molecule has 0 bridgehead atoms. The van der Waals surface area contributed by atoms with Crippen LogP contribution in [0.3, 0.4) is 0 Å². The zero-order valence-corrected chi connectivity index (χ0v) is 9.17. The van der Waals surface area contributed by atoms with E-state index in [1.807, 2.05) is 48.5 Å². The lowest BCUT2D eigenvalue weighted by Crippen LogP contribution is -1.95. The van der Waals surface area contributed by atoms with Crippen molar-refractivity contribution in [2.24, 2.45) is 0 Å². The van der Waals surface area contributed by atoms with Crippen LogP contribution in [0.15, 0.2) is 54.7 Å². The standard InChI is InChI=1S/C14H11N3/c15-14-11(13-7-3-4-8-16-13)9-10-5-1-2-6-12(10)17-14/h1-9H,(H2,15,17). The van der Waals surface area contributed by atoms with Crippen LogP contribution < -0.4 is 5.73 Å². The summed E-state index contributed by atoms with van der Waals surface area (Å²) >= 11 is 0. The normalized spacial score (nSPS) is 10.6. The number of benzene rings is 1. The maximum atomic E-state index is 5.97. The van der Waals surface area contributed by atoms with Gasteiger partial charge >= 0.3 is 0 Å². The summed E-state index contributed by atoms with van der Waals surface area (Å²) in [6, 6.07) is 15.7. The van der Waals surface area contributed by atoms with Gasteiger partial charge in [-0.15, -0.1) is 0 Å². The summed E-state index contributed by atoms with van der Waals surface area (Å²) in [6.45, 7) is 0. The van der Waals surface area contributed by atoms with E-state index in [-0.39, 0.29) is 0 Å². The molecule has 0 aliphatic heterocycles. The molecule has 3 rings (SSSR count). The predicted molar refractivity (Wildman–Crippen MR) is 69.4 cm³/mol. The Balaban J connectivity index is 2.27. The number of para-hydroxylation sites is 1. The first-order chi connectivity index (χ1) is 8.34. The molecule has 0 saturated heterocycles. The summed E-state index contributed by atoms with van der Waals surface area (Å²) in [5, 5.41) is 1.07. The molecule has 0 aliphatic carbocycles. The molecule has 3 nitrogen and oxygen atoms in total. The lowest BCUT2D eigenvalue weighted by atomic mass is 10.1. The molecule has 0 saturated carbocycles. The van der Waals surface area contributed by atoms with E-state index in [0.29, 0.717) is 5.82 Å². The molecule has 2 heterocycles. The van der Waals surface area contributed by atoms with E-state index < -0.39 is 0 Å². The maximum absolute atomic E-state index is 5.97. The summed E-state index contributed by atoms with van der Waals surface area (Å²) in [6.07, 6.45) is 1.75. The van der Waals surface area contributed by atoms with Gasteiger partial charge in [-0.25, -0.2) is 4.98 Å². The van der Waals surface area contributed by atoms with E-state index in [4.69, 9.17) is 5.73 Å². The first-order valence-corrected chi connectivity index (χ1v) is 5.41. The second-order valence-electron chi connectivity index (χ2n) is 3.83. The number of aromatic nitrogens is 2. The Morgan fingerprint density at radius 1 is 0.941 bits per heavy atom. The van der Waals surface area contributed by atoms with Crippen molar-refractivity contribution in [3.63, 3.8) is 0 Å². The monoisotopic (exact) mass is 221 g/mol. The van der Waals surface area contributed by atoms with Crippen LogP contribution >= 0.6 is 0 Å². The minimum Gasteiger partial charge on any atom is -0.383 e. The third-order valence-corrected chi connectivity index (χ3v) is 2.69. The van der Waals surface area contributed by atoms with Gasteiger partial charge in [0.15, 0.2) is 0 Å². The van der Waals surface area contributed by atoms with Gasteiger partial charge in [0.25, 0.3) is 0 Å². The number of nitrogens with zero attached hydrogens (tertiary/aromatic N) is 2. The maximum Gasteiger partial charge on any atom is 0.133 e. The number of hydrogen-bond donors (Lipinski definition) is 1. The fraction of sp³-hybridized carbons (Fsp3) is 0. The average Bonchev–Trinajstić information content (AvgIpc) is 2.39. The van der Waals surface area contributed by atoms with Gasteiger partial charge in [-0.1, -0.05) is 24.3 Å². The molecule has 0 radical (unpaired) electrons. The van der Waals surface area contributed by atoms with E-state index in [1.54, 1.807) is 6.20 Å². The smallest absolute Gasteiger partial charge is 0.133 e. The molecule has 0 aliphatic rings. The molecular weight excluding hydrogens is 210 g/mol. The van der Waals surface area contributed by atoms with Crippen LogP contribution in [0.5, 0.6) is 0 Å². The predicted octanol–water partition coefficient (Wildman–Crippen LogP) is 2.88. The van der Waals surface area contributed by atoms with Crippen molar-refractivity contribution in [3.8, 4) is 11.3 Å². The summed E-state index contributed by atoms with van der Waals surface area (Å²) in [5.74, 6) is 0.516. The van der Waals surface area contributed by atoms with Crippen molar-refractivity contribution in [3.05, 3.63) is 54.7 Å². The van der Waals surface area contributed by atoms with Crippen molar-refractivity contribution in [2.75, 3.05) is 5.73 Å². The Morgan fingerprint density at radius 2 is 1.76 bits per heavy atom. The fourth-order valence-electron chi connectivity index (χ4n) is 1.86. The van der Waals surface area contributed by atoms with Gasteiger partial charge < -0.3 is 5.73 Å². The van der Waals surface area contributed by atoms with Gasteiger partial charge in [0.1, 0.15) is 5.82 Å². The lowest BCUT2D eigenvalue weighted by Gasteiger charge is -2.06. The summed E-state index contributed by atoms with van der Waals surface area (Å²) in [7, 11) is 0.